The second kappa shape index (κ2) is 5.95. The highest BCUT2D eigenvalue weighted by atomic mass is 32.1. The Hall–Kier alpha value is -2.73. The van der Waals surface area contributed by atoms with E-state index in [0.29, 0.717) is 0 Å². The van der Waals surface area contributed by atoms with Crippen LogP contribution >= 0.6 is 11.3 Å². The number of nitro benzene ring substituents is 1. The summed E-state index contributed by atoms with van der Waals surface area (Å²) in [7, 11) is 1.63. The third-order valence-corrected chi connectivity index (χ3v) is 4.09. The zero-order valence-corrected chi connectivity index (χ0v) is 12.5. The fourth-order valence-electron chi connectivity index (χ4n) is 2.03. The van der Waals surface area contributed by atoms with Crippen molar-refractivity contribution in [1.82, 2.24) is 4.98 Å². The first-order valence-electron chi connectivity index (χ1n) is 6.53. The molecule has 0 radical (unpaired) electrons. The first kappa shape index (κ1) is 14.2. The van der Waals surface area contributed by atoms with Gasteiger partial charge < -0.3 is 4.74 Å². The van der Waals surface area contributed by atoms with Crippen LogP contribution in [-0.4, -0.2) is 17.0 Å². The van der Waals surface area contributed by atoms with Crippen LogP contribution < -0.4 is 4.74 Å². The molecular formula is C16H12N2O3S. The number of aromatic nitrogens is 1. The monoisotopic (exact) mass is 312 g/mol. The summed E-state index contributed by atoms with van der Waals surface area (Å²) in [6, 6.07) is 12.2. The molecule has 3 aromatic rings. The molecule has 3 rings (SSSR count). The van der Waals surface area contributed by atoms with Crippen molar-refractivity contribution in [3.8, 4) is 5.75 Å². The van der Waals surface area contributed by atoms with Gasteiger partial charge in [-0.2, -0.15) is 0 Å². The zero-order valence-electron chi connectivity index (χ0n) is 11.7. The summed E-state index contributed by atoms with van der Waals surface area (Å²) < 4.78 is 6.23. The standard InChI is InChI=1S/C16H12N2O3S/c1-21-13-6-7-14-15(10-13)22-16(17-14)8-5-11-3-2-4-12(9-11)18(19)20/h2-10H,1H3/b8-5+. The van der Waals surface area contributed by atoms with Gasteiger partial charge in [0.05, 0.1) is 22.2 Å². The summed E-state index contributed by atoms with van der Waals surface area (Å²) in [5.41, 5.74) is 1.76. The van der Waals surface area contributed by atoms with E-state index in [1.54, 1.807) is 24.5 Å². The summed E-state index contributed by atoms with van der Waals surface area (Å²) in [5, 5.41) is 11.6. The summed E-state index contributed by atoms with van der Waals surface area (Å²) in [5.74, 6) is 0.797. The van der Waals surface area contributed by atoms with Crippen molar-refractivity contribution in [2.45, 2.75) is 0 Å². The number of non-ortho nitro benzene ring substituents is 1. The summed E-state index contributed by atoms with van der Waals surface area (Å²) in [6.45, 7) is 0. The molecule has 5 nitrogen and oxygen atoms in total. The fraction of sp³-hybridized carbons (Fsp3) is 0.0625. The number of thiazole rings is 1. The SMILES string of the molecule is COc1ccc2nc(/C=C/c3cccc([N+](=O)[O-])c3)sc2c1. The lowest BCUT2D eigenvalue weighted by molar-refractivity contribution is -0.384. The predicted octanol–water partition coefficient (Wildman–Crippen LogP) is 4.38. The molecule has 6 heteroatoms. The molecule has 0 amide bonds. The van der Waals surface area contributed by atoms with E-state index in [-0.39, 0.29) is 5.69 Å². The lowest BCUT2D eigenvalue weighted by Gasteiger charge is -1.96. The normalized spacial score (nSPS) is 11.1. The van der Waals surface area contributed by atoms with Crippen molar-refractivity contribution in [2.75, 3.05) is 7.11 Å². The predicted molar refractivity (Wildman–Crippen MR) is 88.2 cm³/mol. The van der Waals surface area contributed by atoms with Gasteiger partial charge in [-0.05, 0) is 29.8 Å². The summed E-state index contributed by atoms with van der Waals surface area (Å²) in [6.07, 6.45) is 3.68. The second-order valence-corrected chi connectivity index (χ2v) is 5.63. The maximum Gasteiger partial charge on any atom is 0.270 e. The summed E-state index contributed by atoms with van der Waals surface area (Å²) in [4.78, 5) is 14.9. The molecule has 0 saturated carbocycles. The molecule has 0 N–H and O–H groups in total. The van der Waals surface area contributed by atoms with Crippen molar-refractivity contribution in [3.05, 3.63) is 63.1 Å². The molecule has 1 aromatic heterocycles. The highest BCUT2D eigenvalue weighted by molar-refractivity contribution is 7.19. The number of rotatable bonds is 4. The largest absolute Gasteiger partial charge is 0.497 e. The number of fused-ring (bicyclic) bond motifs is 1. The fourth-order valence-corrected chi connectivity index (χ4v) is 2.93. The van der Waals surface area contributed by atoms with Gasteiger partial charge in [0.2, 0.25) is 0 Å². The topological polar surface area (TPSA) is 65.3 Å². The molecule has 0 spiro atoms. The Morgan fingerprint density at radius 3 is 2.86 bits per heavy atom. The highest BCUT2D eigenvalue weighted by Crippen LogP contribution is 2.27. The lowest BCUT2D eigenvalue weighted by atomic mass is 10.2. The van der Waals surface area contributed by atoms with Gasteiger partial charge in [0.25, 0.3) is 5.69 Å². The van der Waals surface area contributed by atoms with Gasteiger partial charge in [-0.15, -0.1) is 11.3 Å². The average Bonchev–Trinajstić information content (AvgIpc) is 2.95. The van der Waals surface area contributed by atoms with E-state index in [9.17, 15) is 10.1 Å². The molecule has 2 aromatic carbocycles. The van der Waals surface area contributed by atoms with Crippen LogP contribution in [0, 0.1) is 10.1 Å². The highest BCUT2D eigenvalue weighted by Gasteiger charge is 2.05. The maximum absolute atomic E-state index is 10.8. The molecule has 0 atom stereocenters. The van der Waals surface area contributed by atoms with Gasteiger partial charge >= 0.3 is 0 Å². The van der Waals surface area contributed by atoms with Gasteiger partial charge in [0.1, 0.15) is 10.8 Å². The third-order valence-electron chi connectivity index (χ3n) is 3.11. The number of nitro groups is 1. The van der Waals surface area contributed by atoms with Gasteiger partial charge in [-0.25, -0.2) is 4.98 Å². The number of methoxy groups -OCH3 is 1. The van der Waals surface area contributed by atoms with E-state index in [4.69, 9.17) is 4.74 Å². The number of ether oxygens (including phenoxy) is 1. The smallest absolute Gasteiger partial charge is 0.270 e. The first-order valence-corrected chi connectivity index (χ1v) is 7.34. The van der Waals surface area contributed by atoms with Gasteiger partial charge in [-0.3, -0.25) is 10.1 Å². The van der Waals surface area contributed by atoms with Crippen molar-refractivity contribution in [1.29, 1.82) is 0 Å². The summed E-state index contributed by atoms with van der Waals surface area (Å²) >= 11 is 1.54. The Morgan fingerprint density at radius 1 is 1.23 bits per heavy atom. The van der Waals surface area contributed by atoms with E-state index in [2.05, 4.69) is 4.98 Å². The van der Waals surface area contributed by atoms with E-state index in [1.807, 2.05) is 36.4 Å². The molecule has 22 heavy (non-hydrogen) atoms. The van der Waals surface area contributed by atoms with Crippen molar-refractivity contribution in [3.63, 3.8) is 0 Å². The molecular weight excluding hydrogens is 300 g/mol. The molecule has 0 aliphatic rings. The number of nitrogens with zero attached hydrogens (tertiary/aromatic N) is 2. The number of hydrogen-bond donors (Lipinski definition) is 0. The van der Waals surface area contributed by atoms with Gasteiger partial charge in [0.15, 0.2) is 0 Å². The van der Waals surface area contributed by atoms with Crippen molar-refractivity contribution >= 4 is 39.4 Å². The van der Waals surface area contributed by atoms with E-state index < -0.39 is 4.92 Å². The minimum absolute atomic E-state index is 0.0798. The number of benzene rings is 2. The molecule has 0 bridgehead atoms. The minimum atomic E-state index is -0.401. The molecule has 0 unspecified atom stereocenters. The van der Waals surface area contributed by atoms with Crippen LogP contribution in [-0.2, 0) is 0 Å². The Balaban J connectivity index is 1.89. The second-order valence-electron chi connectivity index (χ2n) is 4.57. The molecule has 1 heterocycles. The van der Waals surface area contributed by atoms with Crippen LogP contribution in [0.3, 0.4) is 0 Å². The van der Waals surface area contributed by atoms with Crippen LogP contribution in [0.1, 0.15) is 10.6 Å². The van der Waals surface area contributed by atoms with E-state index >= 15 is 0 Å². The van der Waals surface area contributed by atoms with Crippen LogP contribution in [0.25, 0.3) is 22.4 Å². The third kappa shape index (κ3) is 2.96. The van der Waals surface area contributed by atoms with Crippen LogP contribution in [0.2, 0.25) is 0 Å². The molecule has 0 aliphatic heterocycles. The minimum Gasteiger partial charge on any atom is -0.497 e. The maximum atomic E-state index is 10.8. The average molecular weight is 312 g/mol. The van der Waals surface area contributed by atoms with E-state index in [0.717, 1.165) is 26.5 Å². The zero-order chi connectivity index (χ0) is 15.5. The molecule has 0 saturated heterocycles. The van der Waals surface area contributed by atoms with Gasteiger partial charge in [-0.1, -0.05) is 18.2 Å². The van der Waals surface area contributed by atoms with E-state index in [1.165, 1.54) is 12.1 Å². The Bertz CT molecular complexity index is 871. The van der Waals surface area contributed by atoms with Crippen LogP contribution in [0.5, 0.6) is 5.75 Å². The van der Waals surface area contributed by atoms with Crippen LogP contribution in [0.15, 0.2) is 42.5 Å². The van der Waals surface area contributed by atoms with Crippen molar-refractivity contribution in [2.24, 2.45) is 0 Å². The molecule has 110 valence electrons. The molecule has 0 aliphatic carbocycles. The Kier molecular flexibility index (Phi) is 3.84. The quantitative estimate of drug-likeness (QED) is 0.529. The number of hydrogen-bond acceptors (Lipinski definition) is 5. The Morgan fingerprint density at radius 2 is 2.09 bits per heavy atom. The molecule has 0 fully saturated rings. The van der Waals surface area contributed by atoms with Crippen LogP contribution in [0.4, 0.5) is 5.69 Å². The van der Waals surface area contributed by atoms with Crippen molar-refractivity contribution < 1.29 is 9.66 Å². The first-order chi connectivity index (χ1) is 10.7. The Labute approximate surface area is 130 Å². The lowest BCUT2D eigenvalue weighted by Crippen LogP contribution is -1.87. The van der Waals surface area contributed by atoms with Gasteiger partial charge in [0, 0.05) is 12.1 Å².